The highest BCUT2D eigenvalue weighted by Crippen LogP contribution is 2.11. The van der Waals surface area contributed by atoms with Gasteiger partial charge in [0.25, 0.3) is 0 Å². The summed E-state index contributed by atoms with van der Waals surface area (Å²) in [6.07, 6.45) is -0.583. The third-order valence-corrected chi connectivity index (χ3v) is 5.81. The molecule has 0 radical (unpaired) electrons. The molecule has 0 fully saturated rings. The third kappa shape index (κ3) is 3.98. The van der Waals surface area contributed by atoms with E-state index in [4.69, 9.17) is 10.2 Å². The van der Waals surface area contributed by atoms with Crippen molar-refractivity contribution in [3.8, 4) is 0 Å². The summed E-state index contributed by atoms with van der Waals surface area (Å²) in [5.74, 6) is -0.669. The zero-order chi connectivity index (χ0) is 13.1. The summed E-state index contributed by atoms with van der Waals surface area (Å²) in [6, 6.07) is 0. The molecule has 0 spiro atoms. The van der Waals surface area contributed by atoms with E-state index in [1.54, 1.807) is 0 Å². The van der Waals surface area contributed by atoms with Gasteiger partial charge in [-0.05, 0) is 13.8 Å². The highest BCUT2D eigenvalue weighted by atomic mass is 32.2. The largest absolute Gasteiger partial charge is 0.377 e. The van der Waals surface area contributed by atoms with Crippen LogP contribution >= 0.6 is 0 Å². The molecule has 0 unspecified atom stereocenters. The average molecular weight is 276 g/mol. The van der Waals surface area contributed by atoms with Crippen LogP contribution < -0.4 is 0 Å². The van der Waals surface area contributed by atoms with Crippen molar-refractivity contribution >= 4 is 19.7 Å². The molecule has 98 valence electrons. The van der Waals surface area contributed by atoms with Crippen molar-refractivity contribution in [2.24, 2.45) is 0 Å². The minimum absolute atomic E-state index is 0.583. The van der Waals surface area contributed by atoms with Crippen LogP contribution in [0.25, 0.3) is 0 Å². The first-order chi connectivity index (χ1) is 7.01. The molecule has 3 N–H and O–H groups in total. The summed E-state index contributed by atoms with van der Waals surface area (Å²) in [4.78, 5) is 0. The Bertz CT molecular complexity index is 406. The third-order valence-electron chi connectivity index (χ3n) is 2.02. The Kier molecular flexibility index (Phi) is 5.33. The Hall–Kier alpha value is -0.220. The number of hydrogen-bond donors (Lipinski definition) is 3. The first-order valence-corrected chi connectivity index (χ1v) is 7.82. The standard InChI is InChI=1S/C7H16O7S2/c1-5(8)15(11,12)4-3-7(10)16(13,14)6(2)9/h5-10H,3-4H2,1-2H3/t5-,6+,7-/m1/s1. The second-order valence-electron chi connectivity index (χ2n) is 3.40. The lowest BCUT2D eigenvalue weighted by Crippen LogP contribution is -2.32. The van der Waals surface area contributed by atoms with Crippen molar-refractivity contribution in [3.05, 3.63) is 0 Å². The first-order valence-electron chi connectivity index (χ1n) is 4.50. The Morgan fingerprint density at radius 1 is 0.938 bits per heavy atom. The van der Waals surface area contributed by atoms with Crippen LogP contribution in [-0.2, 0) is 19.7 Å². The SMILES string of the molecule is C[C@H](O)S(=O)(=O)CC[C@H](O)S(=O)(=O)[C@@H](C)O. The van der Waals surface area contributed by atoms with E-state index in [2.05, 4.69) is 0 Å². The fourth-order valence-electron chi connectivity index (χ4n) is 0.827. The Balaban J connectivity index is 4.58. The van der Waals surface area contributed by atoms with E-state index in [0.717, 1.165) is 13.8 Å². The quantitative estimate of drug-likeness (QED) is 0.522. The minimum Gasteiger partial charge on any atom is -0.377 e. The summed E-state index contributed by atoms with van der Waals surface area (Å²) >= 11 is 0. The molecule has 0 rings (SSSR count). The Morgan fingerprint density at radius 3 is 1.69 bits per heavy atom. The van der Waals surface area contributed by atoms with Gasteiger partial charge < -0.3 is 15.3 Å². The van der Waals surface area contributed by atoms with Crippen LogP contribution in [0.4, 0.5) is 0 Å². The van der Waals surface area contributed by atoms with Crippen molar-refractivity contribution in [3.63, 3.8) is 0 Å². The van der Waals surface area contributed by atoms with Gasteiger partial charge in [0.05, 0.1) is 5.75 Å². The first kappa shape index (κ1) is 15.8. The molecule has 0 saturated heterocycles. The summed E-state index contributed by atoms with van der Waals surface area (Å²) in [6.45, 7) is 1.99. The molecule has 0 saturated carbocycles. The average Bonchev–Trinajstić information content (AvgIpc) is 2.13. The lowest BCUT2D eigenvalue weighted by atomic mass is 10.5. The van der Waals surface area contributed by atoms with Gasteiger partial charge >= 0.3 is 0 Å². The maximum Gasteiger partial charge on any atom is 0.203 e. The molecular weight excluding hydrogens is 260 g/mol. The van der Waals surface area contributed by atoms with E-state index >= 15 is 0 Å². The van der Waals surface area contributed by atoms with Gasteiger partial charge in [0.1, 0.15) is 0 Å². The summed E-state index contributed by atoms with van der Waals surface area (Å²) in [5, 5.41) is 26.9. The highest BCUT2D eigenvalue weighted by molar-refractivity contribution is 7.93. The van der Waals surface area contributed by atoms with Crippen LogP contribution in [0.15, 0.2) is 0 Å². The van der Waals surface area contributed by atoms with E-state index in [1.165, 1.54) is 0 Å². The topological polar surface area (TPSA) is 129 Å². The molecule has 16 heavy (non-hydrogen) atoms. The highest BCUT2D eigenvalue weighted by Gasteiger charge is 2.30. The number of hydrogen-bond acceptors (Lipinski definition) is 7. The van der Waals surface area contributed by atoms with Crippen molar-refractivity contribution in [1.82, 2.24) is 0 Å². The maximum absolute atomic E-state index is 11.2. The van der Waals surface area contributed by atoms with Gasteiger partial charge in [0, 0.05) is 6.42 Å². The second kappa shape index (κ2) is 5.41. The monoisotopic (exact) mass is 276 g/mol. The number of sulfone groups is 2. The van der Waals surface area contributed by atoms with Crippen LogP contribution in [0.5, 0.6) is 0 Å². The van der Waals surface area contributed by atoms with Crippen LogP contribution in [0.2, 0.25) is 0 Å². The summed E-state index contributed by atoms with van der Waals surface area (Å²) in [7, 11) is -7.99. The van der Waals surface area contributed by atoms with Crippen LogP contribution in [0.1, 0.15) is 20.3 Å². The zero-order valence-corrected chi connectivity index (χ0v) is 10.6. The van der Waals surface area contributed by atoms with Crippen LogP contribution in [0.3, 0.4) is 0 Å². The van der Waals surface area contributed by atoms with Gasteiger partial charge in [-0.25, -0.2) is 16.8 Å². The minimum atomic E-state index is -4.16. The number of aliphatic hydroxyl groups excluding tert-OH is 3. The van der Waals surface area contributed by atoms with E-state index < -0.39 is 48.2 Å². The van der Waals surface area contributed by atoms with E-state index in [-0.39, 0.29) is 0 Å². The molecule has 0 amide bonds. The molecule has 0 aliphatic heterocycles. The molecule has 0 bridgehead atoms. The van der Waals surface area contributed by atoms with Gasteiger partial charge in [-0.15, -0.1) is 0 Å². The second-order valence-corrected chi connectivity index (χ2v) is 8.22. The molecule has 0 aliphatic carbocycles. The van der Waals surface area contributed by atoms with Crippen molar-refractivity contribution in [2.45, 2.75) is 36.6 Å². The zero-order valence-electron chi connectivity index (χ0n) is 8.94. The molecule has 3 atom stereocenters. The maximum atomic E-state index is 11.2. The molecule has 0 heterocycles. The van der Waals surface area contributed by atoms with Crippen LogP contribution in [-0.4, -0.2) is 54.2 Å². The number of aliphatic hydroxyl groups is 3. The Labute approximate surface area is 94.6 Å². The molecule has 0 aromatic carbocycles. The van der Waals surface area contributed by atoms with E-state index in [0.29, 0.717) is 0 Å². The van der Waals surface area contributed by atoms with Gasteiger partial charge in [-0.2, -0.15) is 0 Å². The predicted octanol–water partition coefficient (Wildman–Crippen LogP) is -1.80. The Morgan fingerprint density at radius 2 is 1.38 bits per heavy atom. The molecule has 0 aromatic heterocycles. The van der Waals surface area contributed by atoms with Crippen molar-refractivity contribution in [1.29, 1.82) is 0 Å². The lowest BCUT2D eigenvalue weighted by molar-refractivity contribution is 0.216. The van der Waals surface area contributed by atoms with E-state index in [9.17, 15) is 21.9 Å². The van der Waals surface area contributed by atoms with Gasteiger partial charge in [-0.1, -0.05) is 0 Å². The fourth-order valence-corrected chi connectivity index (χ4v) is 2.77. The van der Waals surface area contributed by atoms with Gasteiger partial charge in [0.15, 0.2) is 26.1 Å². The molecule has 0 aromatic rings. The molecule has 7 nitrogen and oxygen atoms in total. The van der Waals surface area contributed by atoms with Crippen molar-refractivity contribution in [2.75, 3.05) is 5.75 Å². The lowest BCUT2D eigenvalue weighted by Gasteiger charge is -2.14. The molecule has 9 heteroatoms. The van der Waals surface area contributed by atoms with Gasteiger partial charge in [0.2, 0.25) is 9.84 Å². The number of rotatable bonds is 6. The van der Waals surface area contributed by atoms with Crippen molar-refractivity contribution < 1.29 is 32.2 Å². The fraction of sp³-hybridized carbons (Fsp3) is 1.00. The normalized spacial score (nSPS) is 19.1. The van der Waals surface area contributed by atoms with E-state index in [1.807, 2.05) is 0 Å². The van der Waals surface area contributed by atoms with Gasteiger partial charge in [-0.3, -0.25) is 0 Å². The molecule has 0 aliphatic rings. The molecular formula is C7H16O7S2. The van der Waals surface area contributed by atoms with Crippen LogP contribution in [0, 0.1) is 0 Å². The summed E-state index contributed by atoms with van der Waals surface area (Å²) in [5.41, 5.74) is -5.34. The summed E-state index contributed by atoms with van der Waals surface area (Å²) < 4.78 is 44.5. The smallest absolute Gasteiger partial charge is 0.203 e. The predicted molar refractivity (Wildman–Crippen MR) is 56.7 cm³/mol.